The number of halogens is 3. The fourth-order valence-corrected chi connectivity index (χ4v) is 4.43. The minimum atomic E-state index is -4.56. The van der Waals surface area contributed by atoms with Gasteiger partial charge in [-0.25, -0.2) is 4.79 Å². The molecule has 2 atom stereocenters. The van der Waals surface area contributed by atoms with Crippen LogP contribution in [0.25, 0.3) is 11.3 Å². The third kappa shape index (κ3) is 10.9. The Balaban J connectivity index is 0.00000197. The summed E-state index contributed by atoms with van der Waals surface area (Å²) in [5.41, 5.74) is -0.680. The monoisotopic (exact) mass is 587 g/mol. The van der Waals surface area contributed by atoms with E-state index in [1.54, 1.807) is 13.8 Å². The third-order valence-electron chi connectivity index (χ3n) is 6.37. The average molecular weight is 588 g/mol. The van der Waals surface area contributed by atoms with E-state index < -0.39 is 35.4 Å². The molecule has 1 aliphatic heterocycles. The molecule has 0 radical (unpaired) electrons. The maximum Gasteiger partial charge on any atom is 0.417 e. The zero-order valence-corrected chi connectivity index (χ0v) is 23.7. The van der Waals surface area contributed by atoms with Crippen molar-refractivity contribution in [2.24, 2.45) is 5.92 Å². The van der Waals surface area contributed by atoms with E-state index in [1.807, 2.05) is 0 Å². The molecule has 226 valence electrons. The molecule has 0 spiro atoms. The molecule has 1 saturated heterocycles. The van der Waals surface area contributed by atoms with E-state index in [0.29, 0.717) is 13.0 Å². The van der Waals surface area contributed by atoms with Crippen LogP contribution in [0.1, 0.15) is 68.4 Å². The Hall–Kier alpha value is -4.33. The lowest BCUT2D eigenvalue weighted by atomic mass is 9.94. The van der Waals surface area contributed by atoms with E-state index in [1.165, 1.54) is 42.5 Å². The molecule has 1 aromatic heterocycles. The van der Waals surface area contributed by atoms with Crippen LogP contribution in [0.2, 0.25) is 0 Å². The van der Waals surface area contributed by atoms with Crippen LogP contribution in [-0.4, -0.2) is 47.7 Å². The van der Waals surface area contributed by atoms with Crippen molar-refractivity contribution < 1.29 is 37.1 Å². The molecule has 8 nitrogen and oxygen atoms in total. The molecule has 3 rings (SSSR count). The summed E-state index contributed by atoms with van der Waals surface area (Å²) in [5.74, 6) is 0.309. The fraction of sp³-hybridized carbons (Fsp3) is 0.419. The van der Waals surface area contributed by atoms with E-state index in [2.05, 4.69) is 28.0 Å². The van der Waals surface area contributed by atoms with Gasteiger partial charge in [0.2, 0.25) is 11.8 Å². The van der Waals surface area contributed by atoms with Crippen LogP contribution in [0.15, 0.2) is 48.6 Å². The minimum absolute atomic E-state index is 0.0828. The van der Waals surface area contributed by atoms with Gasteiger partial charge in [0.15, 0.2) is 5.78 Å². The number of carbonyl (C=O) groups is 4. The molecule has 2 aromatic rings. The number of esters is 1. The Morgan fingerprint density at radius 3 is 2.57 bits per heavy atom. The highest BCUT2D eigenvalue weighted by Gasteiger charge is 2.33. The second kappa shape index (κ2) is 16.8. The number of terminal acetylenes is 1. The average Bonchev–Trinajstić information content (AvgIpc) is 3.35. The molecule has 2 heterocycles. The Labute approximate surface area is 243 Å². The molecular formula is C31H36F3N3O5. The van der Waals surface area contributed by atoms with Crippen molar-refractivity contribution in [3.05, 3.63) is 59.8 Å². The lowest BCUT2D eigenvalue weighted by Gasteiger charge is -2.20. The first kappa shape index (κ1) is 33.9. The van der Waals surface area contributed by atoms with Crippen molar-refractivity contribution in [3.63, 3.8) is 0 Å². The number of alkyl halides is 3. The van der Waals surface area contributed by atoms with E-state index >= 15 is 0 Å². The zero-order valence-electron chi connectivity index (χ0n) is 23.7. The second-order valence-electron chi connectivity index (χ2n) is 9.55. The predicted octanol–water partition coefficient (Wildman–Crippen LogP) is 5.21. The molecule has 2 unspecified atom stereocenters. The van der Waals surface area contributed by atoms with Crippen LogP contribution < -0.4 is 10.6 Å². The van der Waals surface area contributed by atoms with E-state index in [-0.39, 0.29) is 54.6 Å². The lowest BCUT2D eigenvalue weighted by molar-refractivity contribution is -0.138. The number of aromatic amines is 1. The summed E-state index contributed by atoms with van der Waals surface area (Å²) in [5, 5.41) is 5.61. The molecular weight excluding hydrogens is 551 g/mol. The SMILES string of the molecule is C#CC.CCOC(=O)/C=C/C(CC1CCCCNC1=O)NC(=O)CCC(=O)c1ccc(-c2ccccc2C(F)(F)F)[nH]1. The van der Waals surface area contributed by atoms with Crippen molar-refractivity contribution in [1.82, 2.24) is 15.6 Å². The number of benzene rings is 1. The smallest absolute Gasteiger partial charge is 0.417 e. The van der Waals surface area contributed by atoms with Gasteiger partial charge in [0.1, 0.15) is 0 Å². The van der Waals surface area contributed by atoms with Crippen molar-refractivity contribution in [2.45, 2.75) is 64.6 Å². The summed E-state index contributed by atoms with van der Waals surface area (Å²) in [6.45, 7) is 4.10. The second-order valence-corrected chi connectivity index (χ2v) is 9.55. The third-order valence-corrected chi connectivity index (χ3v) is 6.37. The first-order valence-electron chi connectivity index (χ1n) is 13.7. The van der Waals surface area contributed by atoms with E-state index in [4.69, 9.17) is 4.74 Å². The number of rotatable bonds is 11. The van der Waals surface area contributed by atoms with E-state index in [9.17, 15) is 32.3 Å². The van der Waals surface area contributed by atoms with Gasteiger partial charge < -0.3 is 20.4 Å². The first-order valence-corrected chi connectivity index (χ1v) is 13.7. The van der Waals surface area contributed by atoms with Gasteiger partial charge in [0, 0.05) is 48.7 Å². The largest absolute Gasteiger partial charge is 0.463 e. The van der Waals surface area contributed by atoms with Gasteiger partial charge in [0.25, 0.3) is 0 Å². The molecule has 42 heavy (non-hydrogen) atoms. The number of hydrogen-bond donors (Lipinski definition) is 3. The Morgan fingerprint density at radius 1 is 1.17 bits per heavy atom. The lowest BCUT2D eigenvalue weighted by Crippen LogP contribution is -2.38. The van der Waals surface area contributed by atoms with Crippen LogP contribution >= 0.6 is 0 Å². The maximum atomic E-state index is 13.4. The van der Waals surface area contributed by atoms with Crippen LogP contribution in [0, 0.1) is 18.3 Å². The maximum absolute atomic E-state index is 13.4. The molecule has 0 saturated carbocycles. The Morgan fingerprint density at radius 2 is 1.88 bits per heavy atom. The summed E-state index contributed by atoms with van der Waals surface area (Å²) < 4.78 is 45.0. The molecule has 1 aliphatic rings. The van der Waals surface area contributed by atoms with Crippen LogP contribution in [-0.2, 0) is 25.3 Å². The van der Waals surface area contributed by atoms with Gasteiger partial charge >= 0.3 is 12.1 Å². The number of ether oxygens (including phenoxy) is 1. The zero-order chi connectivity index (χ0) is 31.1. The molecule has 2 amide bonds. The highest BCUT2D eigenvalue weighted by atomic mass is 19.4. The van der Waals surface area contributed by atoms with Gasteiger partial charge in [0.05, 0.1) is 17.9 Å². The summed E-state index contributed by atoms with van der Waals surface area (Å²) in [4.78, 5) is 52.3. The van der Waals surface area contributed by atoms with Gasteiger partial charge in [-0.2, -0.15) is 13.2 Å². The summed E-state index contributed by atoms with van der Waals surface area (Å²) >= 11 is 0. The topological polar surface area (TPSA) is 117 Å². The van der Waals surface area contributed by atoms with Crippen LogP contribution in [0.5, 0.6) is 0 Å². The summed E-state index contributed by atoms with van der Waals surface area (Å²) in [6.07, 6.45) is 4.99. The number of ketones is 1. The Kier molecular flexibility index (Phi) is 13.6. The molecule has 3 N–H and O–H groups in total. The number of amides is 2. The van der Waals surface area contributed by atoms with Gasteiger partial charge in [-0.05, 0) is 51.3 Å². The standard InChI is InChI=1S/C28H32F3N3O5.C3H4/c1-2-39-26(37)15-10-19(17-18-7-5-6-16-32-27(18)38)33-25(36)14-13-24(35)23-12-11-22(34-23)20-8-3-4-9-21(20)28(29,30)31;1-3-2/h3-4,8-12,15,18-19,34H,2,5-7,13-14,16-17H2,1H3,(H,32,38)(H,33,36);1H,2H3/b15-10+;. The van der Waals surface area contributed by atoms with Crippen molar-refractivity contribution in [3.8, 4) is 23.6 Å². The highest BCUT2D eigenvalue weighted by molar-refractivity contribution is 5.97. The van der Waals surface area contributed by atoms with Crippen LogP contribution in [0.3, 0.4) is 0 Å². The highest BCUT2D eigenvalue weighted by Crippen LogP contribution is 2.36. The number of hydrogen-bond acceptors (Lipinski definition) is 5. The van der Waals surface area contributed by atoms with Crippen molar-refractivity contribution in [1.29, 1.82) is 0 Å². The quantitative estimate of drug-likeness (QED) is 0.144. The molecule has 1 aromatic carbocycles. The number of carbonyl (C=O) groups excluding carboxylic acids is 4. The molecule has 11 heteroatoms. The fourth-order valence-electron chi connectivity index (χ4n) is 4.43. The molecule has 0 aliphatic carbocycles. The first-order chi connectivity index (χ1) is 20.0. The van der Waals surface area contributed by atoms with Crippen molar-refractivity contribution >= 4 is 23.6 Å². The van der Waals surface area contributed by atoms with Gasteiger partial charge in [-0.1, -0.05) is 30.7 Å². The van der Waals surface area contributed by atoms with Gasteiger partial charge in [-0.3, -0.25) is 14.4 Å². The number of nitrogens with one attached hydrogen (secondary N) is 3. The molecule has 0 bridgehead atoms. The number of H-pyrrole nitrogens is 1. The van der Waals surface area contributed by atoms with Crippen molar-refractivity contribution in [2.75, 3.05) is 13.2 Å². The Bertz CT molecular complexity index is 1290. The van der Waals surface area contributed by atoms with Crippen LogP contribution in [0.4, 0.5) is 13.2 Å². The molecule has 1 fully saturated rings. The number of Topliss-reactive ketones (excluding diaryl/α,β-unsaturated/α-hetero) is 1. The summed E-state index contributed by atoms with van der Waals surface area (Å²) in [6, 6.07) is 7.19. The van der Waals surface area contributed by atoms with E-state index in [0.717, 1.165) is 18.9 Å². The predicted molar refractivity (Wildman–Crippen MR) is 152 cm³/mol. The van der Waals surface area contributed by atoms with Gasteiger partial charge in [-0.15, -0.1) is 12.3 Å². The number of aromatic nitrogens is 1. The normalized spacial score (nSPS) is 15.8. The summed E-state index contributed by atoms with van der Waals surface area (Å²) in [7, 11) is 0. The minimum Gasteiger partial charge on any atom is -0.463 e.